The molecule has 2 aromatic carbocycles. The van der Waals surface area contributed by atoms with Crippen molar-refractivity contribution in [2.24, 2.45) is 0 Å². The molecule has 10 nitrogen and oxygen atoms in total. The molecule has 1 fully saturated rings. The number of aromatic nitrogens is 1. The fourth-order valence-corrected chi connectivity index (χ4v) is 3.74. The quantitative estimate of drug-likeness (QED) is 0.180. The monoisotopic (exact) mass is 463 g/mol. The van der Waals surface area contributed by atoms with Gasteiger partial charge < -0.3 is 14.4 Å². The summed E-state index contributed by atoms with van der Waals surface area (Å²) in [6.07, 6.45) is 0.829. The first-order valence-corrected chi connectivity index (χ1v) is 10.5. The van der Waals surface area contributed by atoms with E-state index in [1.807, 2.05) is 6.92 Å². The molecule has 174 valence electrons. The lowest BCUT2D eigenvalue weighted by molar-refractivity contribution is -0.384. The third-order valence-electron chi connectivity index (χ3n) is 5.30. The number of aliphatic hydroxyl groups is 1. The van der Waals surface area contributed by atoms with Crippen LogP contribution >= 0.6 is 0 Å². The summed E-state index contributed by atoms with van der Waals surface area (Å²) in [5, 5.41) is 26.3. The average Bonchev–Trinajstić information content (AvgIpc) is 3.38. The number of carbonyl (C=O) groups is 2. The highest BCUT2D eigenvalue weighted by atomic mass is 16.6. The summed E-state index contributed by atoms with van der Waals surface area (Å²) in [5.74, 6) is -1.25. The van der Waals surface area contributed by atoms with Gasteiger partial charge in [-0.25, -0.2) is 0 Å². The highest BCUT2D eigenvalue weighted by molar-refractivity contribution is 6.51. The van der Waals surface area contributed by atoms with Gasteiger partial charge in [0.25, 0.3) is 11.5 Å². The second-order valence-corrected chi connectivity index (χ2v) is 7.69. The van der Waals surface area contributed by atoms with E-state index in [4.69, 9.17) is 9.26 Å². The number of non-ortho nitro benzene ring substituents is 1. The molecule has 0 bridgehead atoms. The van der Waals surface area contributed by atoms with Gasteiger partial charge in [-0.2, -0.15) is 0 Å². The van der Waals surface area contributed by atoms with Crippen molar-refractivity contribution in [3.63, 3.8) is 0 Å². The van der Waals surface area contributed by atoms with Gasteiger partial charge in [0.1, 0.15) is 17.3 Å². The first kappa shape index (κ1) is 22.7. The molecule has 1 atom stereocenters. The smallest absolute Gasteiger partial charge is 0.301 e. The van der Waals surface area contributed by atoms with E-state index in [1.165, 1.54) is 24.3 Å². The Morgan fingerprint density at radius 2 is 1.94 bits per heavy atom. The van der Waals surface area contributed by atoms with Gasteiger partial charge in [-0.05, 0) is 43.2 Å². The number of Topliss-reactive ketones (excluding diaryl/α,β-unsaturated/α-hetero) is 1. The van der Waals surface area contributed by atoms with Crippen LogP contribution in [0.3, 0.4) is 0 Å². The largest absolute Gasteiger partial charge is 0.507 e. The number of nitro benzene ring substituents is 1. The molecule has 10 heteroatoms. The van der Waals surface area contributed by atoms with E-state index < -0.39 is 28.4 Å². The van der Waals surface area contributed by atoms with Crippen molar-refractivity contribution in [1.29, 1.82) is 0 Å². The van der Waals surface area contributed by atoms with Crippen LogP contribution in [-0.4, -0.2) is 33.5 Å². The predicted molar refractivity (Wildman–Crippen MR) is 121 cm³/mol. The number of anilines is 1. The van der Waals surface area contributed by atoms with Crippen LogP contribution in [0.1, 0.15) is 36.3 Å². The van der Waals surface area contributed by atoms with Crippen molar-refractivity contribution in [3.05, 3.63) is 87.2 Å². The normalized spacial score (nSPS) is 17.2. The number of amides is 1. The van der Waals surface area contributed by atoms with Crippen molar-refractivity contribution in [2.75, 3.05) is 11.5 Å². The number of rotatable bonds is 7. The van der Waals surface area contributed by atoms with E-state index in [1.54, 1.807) is 37.3 Å². The maximum atomic E-state index is 13.1. The first-order valence-electron chi connectivity index (χ1n) is 10.5. The number of aryl methyl sites for hydroxylation is 1. The molecule has 0 spiro atoms. The first-order chi connectivity index (χ1) is 16.3. The summed E-state index contributed by atoms with van der Waals surface area (Å²) in [6, 6.07) is 12.3. The topological polar surface area (TPSA) is 136 Å². The maximum absolute atomic E-state index is 13.1. The number of ketones is 1. The fraction of sp³-hybridized carbons (Fsp3) is 0.208. The van der Waals surface area contributed by atoms with Gasteiger partial charge in [0.15, 0.2) is 5.82 Å². The van der Waals surface area contributed by atoms with Gasteiger partial charge in [-0.1, -0.05) is 24.2 Å². The minimum absolute atomic E-state index is 0.0541. The van der Waals surface area contributed by atoms with E-state index in [0.717, 1.165) is 11.3 Å². The van der Waals surface area contributed by atoms with Crippen LogP contribution in [0.5, 0.6) is 5.75 Å². The molecule has 0 radical (unpaired) electrons. The molecule has 1 saturated heterocycles. The van der Waals surface area contributed by atoms with Crippen molar-refractivity contribution < 1.29 is 28.9 Å². The fourth-order valence-electron chi connectivity index (χ4n) is 3.74. The van der Waals surface area contributed by atoms with Gasteiger partial charge in [-0.15, -0.1) is 0 Å². The Morgan fingerprint density at radius 1 is 1.21 bits per heavy atom. The third-order valence-corrected chi connectivity index (χ3v) is 5.30. The maximum Gasteiger partial charge on any atom is 0.301 e. The molecule has 1 aliphatic heterocycles. The second kappa shape index (κ2) is 9.18. The SMILES string of the molecule is CCCOc1ccc(/C(O)=C2/C(=O)C(=O)N(c3cc(C)on3)C2c2cccc([N+](=O)[O-])c2)cc1. The molecule has 1 aromatic heterocycles. The number of ether oxygens (including phenoxy) is 1. The Balaban J connectivity index is 1.87. The van der Waals surface area contributed by atoms with Crippen molar-refractivity contribution in [2.45, 2.75) is 26.3 Å². The van der Waals surface area contributed by atoms with E-state index in [-0.39, 0.29) is 28.2 Å². The zero-order valence-electron chi connectivity index (χ0n) is 18.4. The molecule has 3 aromatic rings. The standard InChI is InChI=1S/C24H21N3O7/c1-3-11-33-18-9-7-15(8-10-18)22(28)20-21(16-5-4-6-17(13-16)27(31)32)26(24(30)23(20)29)19-12-14(2)34-25-19/h4-10,12-13,21,28H,3,11H2,1-2H3/b22-20-. The number of hydrogen-bond donors (Lipinski definition) is 1. The molecule has 34 heavy (non-hydrogen) atoms. The van der Waals surface area contributed by atoms with Crippen LogP contribution in [0, 0.1) is 17.0 Å². The summed E-state index contributed by atoms with van der Waals surface area (Å²) in [5.41, 5.74) is 0.109. The van der Waals surface area contributed by atoms with Crippen LogP contribution in [-0.2, 0) is 9.59 Å². The molecule has 1 unspecified atom stereocenters. The van der Waals surface area contributed by atoms with E-state index in [0.29, 0.717) is 18.1 Å². The van der Waals surface area contributed by atoms with Crippen LogP contribution in [0.2, 0.25) is 0 Å². The molecule has 1 N–H and O–H groups in total. The summed E-state index contributed by atoms with van der Waals surface area (Å²) < 4.78 is 10.6. The van der Waals surface area contributed by atoms with Crippen molar-refractivity contribution >= 4 is 29.0 Å². The number of nitrogens with zero attached hydrogens (tertiary/aromatic N) is 3. The summed E-state index contributed by atoms with van der Waals surface area (Å²) in [4.78, 5) is 38.0. The minimum atomic E-state index is -1.15. The van der Waals surface area contributed by atoms with Crippen molar-refractivity contribution in [1.82, 2.24) is 5.16 Å². The van der Waals surface area contributed by atoms with E-state index in [9.17, 15) is 24.8 Å². The molecule has 1 amide bonds. The Hall–Kier alpha value is -4.47. The lowest BCUT2D eigenvalue weighted by Crippen LogP contribution is -2.29. The molecule has 0 aliphatic carbocycles. The third kappa shape index (κ3) is 4.13. The second-order valence-electron chi connectivity index (χ2n) is 7.69. The Bertz CT molecular complexity index is 1290. The van der Waals surface area contributed by atoms with Crippen LogP contribution in [0.4, 0.5) is 11.5 Å². The lowest BCUT2D eigenvalue weighted by Gasteiger charge is -2.22. The number of carbonyl (C=O) groups excluding carboxylic acids is 2. The Morgan fingerprint density at radius 3 is 2.56 bits per heavy atom. The zero-order chi connectivity index (χ0) is 24.4. The molecular weight excluding hydrogens is 442 g/mol. The number of nitro groups is 1. The van der Waals surface area contributed by atoms with Crippen LogP contribution < -0.4 is 9.64 Å². The highest BCUT2D eigenvalue weighted by Gasteiger charge is 2.48. The Labute approximate surface area is 194 Å². The zero-order valence-corrected chi connectivity index (χ0v) is 18.4. The molecule has 4 rings (SSSR count). The summed E-state index contributed by atoms with van der Waals surface area (Å²) in [6.45, 7) is 4.13. The number of hydrogen-bond acceptors (Lipinski definition) is 8. The van der Waals surface area contributed by atoms with Gasteiger partial charge in [-0.3, -0.25) is 24.6 Å². The number of benzene rings is 2. The highest BCUT2D eigenvalue weighted by Crippen LogP contribution is 2.42. The predicted octanol–water partition coefficient (Wildman–Crippen LogP) is 4.31. The summed E-state index contributed by atoms with van der Waals surface area (Å²) in [7, 11) is 0. The van der Waals surface area contributed by atoms with Gasteiger partial charge in [0.05, 0.1) is 23.1 Å². The number of aliphatic hydroxyl groups excluding tert-OH is 1. The molecule has 1 aliphatic rings. The van der Waals surface area contributed by atoms with Crippen LogP contribution in [0.15, 0.2) is 64.7 Å². The molecule has 0 saturated carbocycles. The molecule has 2 heterocycles. The van der Waals surface area contributed by atoms with Gasteiger partial charge in [0, 0.05) is 23.8 Å². The average molecular weight is 463 g/mol. The Kier molecular flexibility index (Phi) is 6.13. The van der Waals surface area contributed by atoms with Gasteiger partial charge >= 0.3 is 5.91 Å². The summed E-state index contributed by atoms with van der Waals surface area (Å²) >= 11 is 0. The van der Waals surface area contributed by atoms with Crippen molar-refractivity contribution in [3.8, 4) is 5.75 Å². The molecular formula is C24H21N3O7. The van der Waals surface area contributed by atoms with Crippen LogP contribution in [0.25, 0.3) is 5.76 Å². The van der Waals surface area contributed by atoms with E-state index >= 15 is 0 Å². The van der Waals surface area contributed by atoms with Gasteiger partial charge in [0.2, 0.25) is 0 Å². The minimum Gasteiger partial charge on any atom is -0.507 e. The van der Waals surface area contributed by atoms with E-state index in [2.05, 4.69) is 5.16 Å². The lowest BCUT2D eigenvalue weighted by atomic mass is 9.95.